The summed E-state index contributed by atoms with van der Waals surface area (Å²) in [6, 6.07) is 13.7. The molecular weight excluding hydrogens is 302 g/mol. The molecule has 0 amide bonds. The van der Waals surface area contributed by atoms with Crippen molar-refractivity contribution in [3.05, 3.63) is 71.3 Å². The van der Waals surface area contributed by atoms with Gasteiger partial charge >= 0.3 is 5.97 Å². The quantitative estimate of drug-likeness (QED) is 0.831. The summed E-state index contributed by atoms with van der Waals surface area (Å²) in [7, 11) is 1.67. The average Bonchev–Trinajstić information content (AvgIpc) is 3.10. The third-order valence-electron chi connectivity index (χ3n) is 5.08. The lowest BCUT2D eigenvalue weighted by Crippen LogP contribution is -2.29. The highest BCUT2D eigenvalue weighted by molar-refractivity contribution is 5.89. The summed E-state index contributed by atoms with van der Waals surface area (Å²) in [4.78, 5) is 11.3. The van der Waals surface area contributed by atoms with Gasteiger partial charge in [-0.05, 0) is 53.8 Å². The Bertz CT molecular complexity index is 810. The summed E-state index contributed by atoms with van der Waals surface area (Å²) in [6.45, 7) is 0. The molecule has 4 heteroatoms. The van der Waals surface area contributed by atoms with Crippen LogP contribution in [0.1, 0.15) is 39.9 Å². The first-order valence-electron chi connectivity index (χ1n) is 8.12. The number of allylic oxidation sites excluding steroid dienone is 2. The number of carbonyl (C=O) groups is 1. The normalized spacial score (nSPS) is 24.0. The summed E-state index contributed by atoms with van der Waals surface area (Å²) >= 11 is 0. The Balaban J connectivity index is 1.73. The van der Waals surface area contributed by atoms with Gasteiger partial charge in [-0.15, -0.1) is 0 Å². The molecule has 24 heavy (non-hydrogen) atoms. The van der Waals surface area contributed by atoms with Crippen LogP contribution in [0.2, 0.25) is 0 Å². The van der Waals surface area contributed by atoms with Crippen molar-refractivity contribution >= 4 is 11.7 Å². The van der Waals surface area contributed by atoms with Crippen LogP contribution in [0, 0.1) is 5.92 Å². The number of ether oxygens (including phenoxy) is 1. The van der Waals surface area contributed by atoms with Crippen molar-refractivity contribution in [2.75, 3.05) is 12.4 Å². The molecule has 4 rings (SSSR count). The van der Waals surface area contributed by atoms with E-state index in [2.05, 4.69) is 29.6 Å². The third-order valence-corrected chi connectivity index (χ3v) is 5.08. The molecule has 2 aliphatic rings. The zero-order valence-corrected chi connectivity index (χ0v) is 13.4. The highest BCUT2D eigenvalue weighted by atomic mass is 16.5. The van der Waals surface area contributed by atoms with E-state index in [4.69, 9.17) is 4.74 Å². The van der Waals surface area contributed by atoms with Crippen molar-refractivity contribution in [1.29, 1.82) is 0 Å². The Labute approximate surface area is 140 Å². The minimum atomic E-state index is -0.881. The predicted molar refractivity (Wildman–Crippen MR) is 92.7 cm³/mol. The SMILES string of the molecule is COc1ccc([C@H]2Nc3ccc(C(=O)O)cc3[C@H]3C=CC[C@@H]32)cc1. The first kappa shape index (κ1) is 14.8. The minimum Gasteiger partial charge on any atom is -0.497 e. The van der Waals surface area contributed by atoms with Gasteiger partial charge in [0.2, 0.25) is 0 Å². The van der Waals surface area contributed by atoms with Gasteiger partial charge < -0.3 is 15.2 Å². The molecule has 0 spiro atoms. The van der Waals surface area contributed by atoms with Crippen LogP contribution in [0.5, 0.6) is 5.75 Å². The summed E-state index contributed by atoms with van der Waals surface area (Å²) < 4.78 is 5.25. The molecule has 2 aromatic rings. The number of hydrogen-bond donors (Lipinski definition) is 2. The van der Waals surface area contributed by atoms with E-state index in [0.717, 1.165) is 23.4 Å². The molecule has 1 aliphatic carbocycles. The first-order valence-corrected chi connectivity index (χ1v) is 8.12. The predicted octanol–water partition coefficient (Wildman–Crippen LogP) is 4.22. The number of fused-ring (bicyclic) bond motifs is 3. The summed E-state index contributed by atoms with van der Waals surface area (Å²) in [5, 5.41) is 12.9. The smallest absolute Gasteiger partial charge is 0.335 e. The monoisotopic (exact) mass is 321 g/mol. The molecule has 0 bridgehead atoms. The van der Waals surface area contributed by atoms with E-state index in [0.29, 0.717) is 11.5 Å². The number of nitrogens with one attached hydrogen (secondary N) is 1. The van der Waals surface area contributed by atoms with E-state index in [1.54, 1.807) is 13.2 Å². The molecule has 122 valence electrons. The number of carboxylic acid groups (broad SMARTS) is 1. The van der Waals surface area contributed by atoms with Crippen LogP contribution in [-0.4, -0.2) is 18.2 Å². The van der Waals surface area contributed by atoms with Gasteiger partial charge in [-0.3, -0.25) is 0 Å². The van der Waals surface area contributed by atoms with Gasteiger partial charge in [0, 0.05) is 11.6 Å². The van der Waals surface area contributed by atoms with Gasteiger partial charge in [-0.2, -0.15) is 0 Å². The van der Waals surface area contributed by atoms with E-state index in [-0.39, 0.29) is 12.0 Å². The highest BCUT2D eigenvalue weighted by Gasteiger charge is 2.38. The van der Waals surface area contributed by atoms with E-state index >= 15 is 0 Å². The maximum Gasteiger partial charge on any atom is 0.335 e. The molecule has 4 nitrogen and oxygen atoms in total. The van der Waals surface area contributed by atoms with Crippen molar-refractivity contribution < 1.29 is 14.6 Å². The second kappa shape index (κ2) is 5.71. The van der Waals surface area contributed by atoms with Crippen LogP contribution in [0.3, 0.4) is 0 Å². The van der Waals surface area contributed by atoms with E-state index in [9.17, 15) is 9.90 Å². The number of aromatic carboxylic acids is 1. The van der Waals surface area contributed by atoms with Crippen LogP contribution in [-0.2, 0) is 0 Å². The average molecular weight is 321 g/mol. The third kappa shape index (κ3) is 2.35. The van der Waals surface area contributed by atoms with Gasteiger partial charge in [-0.25, -0.2) is 4.79 Å². The molecular formula is C20H19NO3. The van der Waals surface area contributed by atoms with Crippen LogP contribution in [0.25, 0.3) is 0 Å². The largest absolute Gasteiger partial charge is 0.497 e. The van der Waals surface area contributed by atoms with Gasteiger partial charge in [0.1, 0.15) is 5.75 Å². The van der Waals surface area contributed by atoms with Gasteiger partial charge in [0.05, 0.1) is 18.7 Å². The lowest BCUT2D eigenvalue weighted by molar-refractivity contribution is 0.0696. The van der Waals surface area contributed by atoms with Crippen molar-refractivity contribution in [2.24, 2.45) is 5.92 Å². The lowest BCUT2D eigenvalue weighted by atomic mass is 9.76. The Morgan fingerprint density at radius 1 is 1.21 bits per heavy atom. The number of benzene rings is 2. The van der Waals surface area contributed by atoms with Gasteiger partial charge in [0.15, 0.2) is 0 Å². The molecule has 2 N–H and O–H groups in total. The standard InChI is InChI=1S/C20H19NO3/c1-24-14-8-5-12(6-9-14)19-16-4-2-3-15(16)17-11-13(20(22)23)7-10-18(17)21-19/h2-3,5-11,15-16,19,21H,4H2,1H3,(H,22,23)/t15-,16-,19+/m0/s1. The van der Waals surface area contributed by atoms with Crippen molar-refractivity contribution in [3.8, 4) is 5.75 Å². The van der Waals surface area contributed by atoms with E-state index in [1.807, 2.05) is 24.3 Å². The molecule has 0 aromatic heterocycles. The zero-order chi connectivity index (χ0) is 16.7. The zero-order valence-electron chi connectivity index (χ0n) is 13.4. The van der Waals surface area contributed by atoms with Crippen LogP contribution in [0.4, 0.5) is 5.69 Å². The maximum absolute atomic E-state index is 11.3. The van der Waals surface area contributed by atoms with E-state index < -0.39 is 5.97 Å². The van der Waals surface area contributed by atoms with Crippen LogP contribution >= 0.6 is 0 Å². The molecule has 2 aromatic carbocycles. The Hall–Kier alpha value is -2.75. The number of hydrogen-bond acceptors (Lipinski definition) is 3. The molecule has 0 saturated carbocycles. The maximum atomic E-state index is 11.3. The number of rotatable bonds is 3. The summed E-state index contributed by atoms with van der Waals surface area (Å²) in [5.41, 5.74) is 3.67. The molecule has 0 fully saturated rings. The fourth-order valence-electron chi connectivity index (χ4n) is 3.87. The molecule has 0 radical (unpaired) electrons. The highest BCUT2D eigenvalue weighted by Crippen LogP contribution is 2.50. The molecule has 3 atom stereocenters. The van der Waals surface area contributed by atoms with Gasteiger partial charge in [-0.1, -0.05) is 24.3 Å². The Morgan fingerprint density at radius 3 is 2.71 bits per heavy atom. The fraction of sp³-hybridized carbons (Fsp3) is 0.250. The van der Waals surface area contributed by atoms with Crippen molar-refractivity contribution in [3.63, 3.8) is 0 Å². The number of methoxy groups -OCH3 is 1. The second-order valence-electron chi connectivity index (χ2n) is 6.36. The fourth-order valence-corrected chi connectivity index (χ4v) is 3.87. The molecule has 1 aliphatic heterocycles. The molecule has 0 unspecified atom stereocenters. The van der Waals surface area contributed by atoms with Crippen LogP contribution in [0.15, 0.2) is 54.6 Å². The van der Waals surface area contributed by atoms with Crippen molar-refractivity contribution in [2.45, 2.75) is 18.4 Å². The minimum absolute atomic E-state index is 0.207. The topological polar surface area (TPSA) is 58.6 Å². The molecule has 1 heterocycles. The number of carboxylic acids is 1. The Kier molecular flexibility index (Phi) is 3.53. The van der Waals surface area contributed by atoms with Crippen molar-refractivity contribution in [1.82, 2.24) is 0 Å². The number of anilines is 1. The van der Waals surface area contributed by atoms with Crippen LogP contribution < -0.4 is 10.1 Å². The molecule has 0 saturated heterocycles. The summed E-state index contributed by atoms with van der Waals surface area (Å²) in [6.07, 6.45) is 5.41. The second-order valence-corrected chi connectivity index (χ2v) is 6.36. The first-order chi connectivity index (χ1) is 11.7. The summed E-state index contributed by atoms with van der Waals surface area (Å²) in [5.74, 6) is 0.623. The lowest BCUT2D eigenvalue weighted by Gasteiger charge is -2.37. The van der Waals surface area contributed by atoms with E-state index in [1.165, 1.54) is 5.56 Å². The van der Waals surface area contributed by atoms with Gasteiger partial charge in [0.25, 0.3) is 0 Å². The Morgan fingerprint density at radius 2 is 2.00 bits per heavy atom.